The van der Waals surface area contributed by atoms with Crippen LogP contribution in [0.3, 0.4) is 0 Å². The Morgan fingerprint density at radius 2 is 2.44 bits per heavy atom. The van der Waals surface area contributed by atoms with Gasteiger partial charge in [-0.15, -0.1) is 0 Å². The van der Waals surface area contributed by atoms with Crippen LogP contribution in [0, 0.1) is 0 Å². The van der Waals surface area contributed by atoms with E-state index in [9.17, 15) is 4.79 Å². The van der Waals surface area contributed by atoms with Gasteiger partial charge in [-0.05, 0) is 35.7 Å². The fourth-order valence-corrected chi connectivity index (χ4v) is 2.14. The summed E-state index contributed by atoms with van der Waals surface area (Å²) in [5.74, 6) is -0.826. The van der Waals surface area contributed by atoms with Gasteiger partial charge in [0.15, 0.2) is 0 Å². The van der Waals surface area contributed by atoms with Crippen molar-refractivity contribution in [2.75, 3.05) is 6.54 Å². The van der Waals surface area contributed by atoms with E-state index in [1.807, 2.05) is 12.3 Å². The third kappa shape index (κ3) is 3.79. The van der Waals surface area contributed by atoms with E-state index in [1.165, 1.54) is 5.56 Å². The molecular formula is C12H17NO2S. The molecule has 1 aromatic rings. The van der Waals surface area contributed by atoms with Gasteiger partial charge in [-0.25, -0.2) is 4.79 Å². The van der Waals surface area contributed by atoms with Gasteiger partial charge in [0.2, 0.25) is 0 Å². The Morgan fingerprint density at radius 1 is 1.69 bits per heavy atom. The number of carboxylic acid groups (broad SMARTS) is 1. The molecule has 88 valence electrons. The molecule has 0 saturated heterocycles. The van der Waals surface area contributed by atoms with E-state index in [2.05, 4.69) is 23.7 Å². The molecule has 0 spiro atoms. The van der Waals surface area contributed by atoms with Crippen LogP contribution in [0.1, 0.15) is 31.9 Å². The van der Waals surface area contributed by atoms with Crippen LogP contribution in [0.25, 0.3) is 0 Å². The van der Waals surface area contributed by atoms with Gasteiger partial charge in [0, 0.05) is 18.2 Å². The Hall–Kier alpha value is -1.13. The van der Waals surface area contributed by atoms with Gasteiger partial charge in [-0.1, -0.05) is 13.0 Å². The average molecular weight is 239 g/mol. The molecule has 2 N–H and O–H groups in total. The summed E-state index contributed by atoms with van der Waals surface area (Å²) in [6.45, 7) is 4.51. The quantitative estimate of drug-likeness (QED) is 0.750. The van der Waals surface area contributed by atoms with E-state index < -0.39 is 5.97 Å². The number of thiophene rings is 1. The van der Waals surface area contributed by atoms with E-state index >= 15 is 0 Å². The minimum absolute atomic E-state index is 0.259. The topological polar surface area (TPSA) is 49.3 Å². The van der Waals surface area contributed by atoms with Gasteiger partial charge < -0.3 is 10.4 Å². The smallest absolute Gasteiger partial charge is 0.331 e. The standard InChI is InChI=1S/C12H17NO2S/c1-3-10(12(14)15)4-6-13-9(2)11-5-7-16-8-11/h4-5,7-9,13H,3,6H2,1-2H3,(H,14,15)/b10-4-. The van der Waals surface area contributed by atoms with Crippen molar-refractivity contribution in [3.05, 3.63) is 34.0 Å². The lowest BCUT2D eigenvalue weighted by molar-refractivity contribution is -0.132. The molecule has 1 unspecified atom stereocenters. The predicted octanol–water partition coefficient (Wildman–Crippen LogP) is 2.82. The summed E-state index contributed by atoms with van der Waals surface area (Å²) >= 11 is 1.67. The molecule has 1 rings (SSSR count). The first-order valence-corrected chi connectivity index (χ1v) is 6.27. The second kappa shape index (κ2) is 6.45. The first-order valence-electron chi connectivity index (χ1n) is 5.33. The lowest BCUT2D eigenvalue weighted by Gasteiger charge is -2.10. The molecule has 0 saturated carbocycles. The fraction of sp³-hybridized carbons (Fsp3) is 0.417. The number of rotatable bonds is 6. The Labute approximate surface area is 99.8 Å². The molecule has 0 aliphatic heterocycles. The summed E-state index contributed by atoms with van der Waals surface area (Å²) in [5, 5.41) is 16.2. The molecule has 0 fully saturated rings. The summed E-state index contributed by atoms with van der Waals surface area (Å²) < 4.78 is 0. The molecule has 0 bridgehead atoms. The van der Waals surface area contributed by atoms with E-state index in [0.29, 0.717) is 18.5 Å². The van der Waals surface area contributed by atoms with E-state index in [4.69, 9.17) is 5.11 Å². The lowest BCUT2D eigenvalue weighted by Crippen LogP contribution is -2.18. The van der Waals surface area contributed by atoms with Crippen LogP contribution >= 0.6 is 11.3 Å². The van der Waals surface area contributed by atoms with E-state index in [0.717, 1.165) is 0 Å². The molecule has 3 nitrogen and oxygen atoms in total. The van der Waals surface area contributed by atoms with Gasteiger partial charge in [0.05, 0.1) is 0 Å². The zero-order chi connectivity index (χ0) is 12.0. The molecule has 0 radical (unpaired) electrons. The summed E-state index contributed by atoms with van der Waals surface area (Å²) in [7, 11) is 0. The predicted molar refractivity (Wildman–Crippen MR) is 66.7 cm³/mol. The van der Waals surface area contributed by atoms with Crippen molar-refractivity contribution in [3.8, 4) is 0 Å². The third-order valence-electron chi connectivity index (χ3n) is 2.47. The maximum Gasteiger partial charge on any atom is 0.331 e. The van der Waals surface area contributed by atoms with Crippen LogP contribution in [-0.4, -0.2) is 17.6 Å². The fourth-order valence-electron chi connectivity index (χ4n) is 1.38. The molecule has 0 amide bonds. The van der Waals surface area contributed by atoms with Crippen molar-refractivity contribution >= 4 is 17.3 Å². The van der Waals surface area contributed by atoms with Crippen LogP contribution < -0.4 is 5.32 Å². The van der Waals surface area contributed by atoms with Crippen molar-refractivity contribution in [3.63, 3.8) is 0 Å². The number of hydrogen-bond donors (Lipinski definition) is 2. The van der Waals surface area contributed by atoms with Crippen LogP contribution in [-0.2, 0) is 4.79 Å². The Balaban J connectivity index is 2.43. The van der Waals surface area contributed by atoms with Gasteiger partial charge in [0.25, 0.3) is 0 Å². The van der Waals surface area contributed by atoms with E-state index in [-0.39, 0.29) is 6.04 Å². The highest BCUT2D eigenvalue weighted by Gasteiger charge is 2.05. The normalized spacial score (nSPS) is 13.8. The summed E-state index contributed by atoms with van der Waals surface area (Å²) in [6.07, 6.45) is 2.30. The maximum absolute atomic E-state index is 10.7. The second-order valence-corrected chi connectivity index (χ2v) is 4.35. The Kier molecular flexibility index (Phi) is 5.22. The second-order valence-electron chi connectivity index (χ2n) is 3.57. The molecule has 0 aromatic carbocycles. The number of carbonyl (C=O) groups is 1. The Bertz CT molecular complexity index is 357. The summed E-state index contributed by atoms with van der Waals surface area (Å²) in [4.78, 5) is 10.7. The van der Waals surface area contributed by atoms with Crippen molar-refractivity contribution < 1.29 is 9.90 Å². The largest absolute Gasteiger partial charge is 0.478 e. The average Bonchev–Trinajstić information content (AvgIpc) is 2.76. The van der Waals surface area contributed by atoms with Crippen molar-refractivity contribution in [2.45, 2.75) is 26.3 Å². The highest BCUT2D eigenvalue weighted by molar-refractivity contribution is 7.07. The van der Waals surface area contributed by atoms with Gasteiger partial charge >= 0.3 is 5.97 Å². The molecule has 0 aliphatic rings. The molecule has 1 atom stereocenters. The number of nitrogens with one attached hydrogen (secondary N) is 1. The molecule has 1 heterocycles. The van der Waals surface area contributed by atoms with Gasteiger partial charge in [0.1, 0.15) is 0 Å². The zero-order valence-electron chi connectivity index (χ0n) is 9.56. The summed E-state index contributed by atoms with van der Waals surface area (Å²) in [5.41, 5.74) is 1.71. The van der Waals surface area contributed by atoms with Crippen LogP contribution in [0.5, 0.6) is 0 Å². The van der Waals surface area contributed by atoms with E-state index in [1.54, 1.807) is 17.4 Å². The molecule has 1 aromatic heterocycles. The summed E-state index contributed by atoms with van der Waals surface area (Å²) in [6, 6.07) is 2.33. The highest BCUT2D eigenvalue weighted by Crippen LogP contribution is 2.15. The monoisotopic (exact) mass is 239 g/mol. The molecule has 4 heteroatoms. The minimum Gasteiger partial charge on any atom is -0.478 e. The van der Waals surface area contributed by atoms with Crippen LogP contribution in [0.15, 0.2) is 28.5 Å². The van der Waals surface area contributed by atoms with Gasteiger partial charge in [-0.2, -0.15) is 11.3 Å². The minimum atomic E-state index is -0.826. The zero-order valence-corrected chi connectivity index (χ0v) is 10.4. The first kappa shape index (κ1) is 12.9. The SMILES string of the molecule is CC/C(=C/CNC(C)c1ccsc1)C(=O)O. The van der Waals surface area contributed by atoms with Crippen LogP contribution in [0.4, 0.5) is 0 Å². The van der Waals surface area contributed by atoms with Crippen molar-refractivity contribution in [1.29, 1.82) is 0 Å². The highest BCUT2D eigenvalue weighted by atomic mass is 32.1. The maximum atomic E-state index is 10.7. The first-order chi connectivity index (χ1) is 7.65. The number of carboxylic acids is 1. The molecular weight excluding hydrogens is 222 g/mol. The Morgan fingerprint density at radius 3 is 2.94 bits per heavy atom. The third-order valence-corrected chi connectivity index (χ3v) is 3.17. The molecule has 16 heavy (non-hydrogen) atoms. The van der Waals surface area contributed by atoms with Crippen molar-refractivity contribution in [2.24, 2.45) is 0 Å². The van der Waals surface area contributed by atoms with Gasteiger partial charge in [-0.3, -0.25) is 0 Å². The number of aliphatic carboxylic acids is 1. The lowest BCUT2D eigenvalue weighted by atomic mass is 10.1. The number of hydrogen-bond acceptors (Lipinski definition) is 3. The van der Waals surface area contributed by atoms with Crippen molar-refractivity contribution in [1.82, 2.24) is 5.32 Å². The van der Waals surface area contributed by atoms with Crippen LogP contribution in [0.2, 0.25) is 0 Å². The molecule has 0 aliphatic carbocycles.